The van der Waals surface area contributed by atoms with Crippen molar-refractivity contribution in [2.75, 3.05) is 6.54 Å². The average molecular weight is 340 g/mol. The van der Waals surface area contributed by atoms with Gasteiger partial charge in [0.25, 0.3) is 0 Å². The molecule has 2 rings (SSSR count). The third-order valence-electron chi connectivity index (χ3n) is 3.14. The first-order chi connectivity index (χ1) is 12.1. The zero-order chi connectivity index (χ0) is 18.1. The molecule has 128 valence electrons. The smallest absolute Gasteiger partial charge is 0.407 e. The summed E-state index contributed by atoms with van der Waals surface area (Å²) < 4.78 is 5.05. The van der Waals surface area contributed by atoms with E-state index in [0.717, 1.165) is 5.56 Å². The second-order valence-electron chi connectivity index (χ2n) is 5.00. The number of nitrogens with one attached hydrogen (secondary N) is 1. The monoisotopic (exact) mass is 340 g/mol. The molecule has 0 aliphatic heterocycles. The van der Waals surface area contributed by atoms with Crippen molar-refractivity contribution >= 4 is 11.8 Å². The molecule has 0 radical (unpaired) electrons. The molecule has 0 spiro atoms. The molecule has 1 amide bonds. The van der Waals surface area contributed by atoms with Crippen LogP contribution in [-0.2, 0) is 11.3 Å². The normalized spacial score (nSPS) is 9.60. The van der Waals surface area contributed by atoms with Crippen LogP contribution in [0.25, 0.3) is 0 Å². The Labute approximate surface area is 144 Å². The molecule has 0 fully saturated rings. The van der Waals surface area contributed by atoms with Crippen molar-refractivity contribution in [3.63, 3.8) is 0 Å². The molecular formula is C18H16N2O5. The molecule has 0 aliphatic carbocycles. The maximum Gasteiger partial charge on any atom is 0.407 e. The van der Waals surface area contributed by atoms with Gasteiger partial charge in [-0.1, -0.05) is 42.2 Å². The second-order valence-corrected chi connectivity index (χ2v) is 5.00. The highest BCUT2D eigenvalue weighted by molar-refractivity contribution is 5.67. The van der Waals surface area contributed by atoms with Crippen LogP contribution in [0.1, 0.15) is 17.5 Å². The Morgan fingerprint density at radius 3 is 2.68 bits per heavy atom. The van der Waals surface area contributed by atoms with Crippen LogP contribution in [0.5, 0.6) is 5.75 Å². The Bertz CT molecular complexity index is 809. The van der Waals surface area contributed by atoms with Gasteiger partial charge in [0.2, 0.25) is 0 Å². The van der Waals surface area contributed by atoms with Gasteiger partial charge in [0.15, 0.2) is 5.75 Å². The number of benzene rings is 2. The molecule has 2 aromatic rings. The fraction of sp³-hybridized carbons (Fsp3) is 0.167. The highest BCUT2D eigenvalue weighted by Crippen LogP contribution is 2.25. The Morgan fingerprint density at radius 1 is 1.24 bits per heavy atom. The number of nitro benzene ring substituents is 1. The van der Waals surface area contributed by atoms with Crippen molar-refractivity contribution < 1.29 is 19.6 Å². The summed E-state index contributed by atoms with van der Waals surface area (Å²) >= 11 is 0. The molecule has 0 saturated heterocycles. The SMILES string of the molecule is O=C(NCCC#Cc1ccc([N+](=O)[O-])c(O)c1)OCc1ccccc1. The van der Waals surface area contributed by atoms with Gasteiger partial charge in [0.1, 0.15) is 6.61 Å². The highest BCUT2D eigenvalue weighted by atomic mass is 16.6. The molecular weight excluding hydrogens is 324 g/mol. The summed E-state index contributed by atoms with van der Waals surface area (Å²) in [5.41, 5.74) is 0.985. The number of phenolic OH excluding ortho intramolecular Hbond substituents is 1. The zero-order valence-electron chi connectivity index (χ0n) is 13.3. The summed E-state index contributed by atoms with van der Waals surface area (Å²) in [6, 6.07) is 13.2. The minimum absolute atomic E-state index is 0.195. The summed E-state index contributed by atoms with van der Waals surface area (Å²) in [4.78, 5) is 21.4. The molecule has 7 heteroatoms. The fourth-order valence-electron chi connectivity index (χ4n) is 1.92. The van der Waals surface area contributed by atoms with Gasteiger partial charge in [0, 0.05) is 30.7 Å². The molecule has 0 atom stereocenters. The lowest BCUT2D eigenvalue weighted by molar-refractivity contribution is -0.385. The van der Waals surface area contributed by atoms with Crippen molar-refractivity contribution in [2.45, 2.75) is 13.0 Å². The van der Waals surface area contributed by atoms with E-state index in [1.807, 2.05) is 30.3 Å². The van der Waals surface area contributed by atoms with Crippen LogP contribution in [0.4, 0.5) is 10.5 Å². The highest BCUT2D eigenvalue weighted by Gasteiger charge is 2.11. The van der Waals surface area contributed by atoms with Crippen LogP contribution in [0, 0.1) is 22.0 Å². The Hall–Kier alpha value is -3.53. The topological polar surface area (TPSA) is 102 Å². The number of alkyl carbamates (subject to hydrolysis) is 1. The standard InChI is InChI=1S/C18H16N2O5/c21-17-12-14(9-10-16(17)20(23)24)6-4-5-11-19-18(22)25-13-15-7-2-1-3-8-15/h1-3,7-10,12,21H,5,11,13H2,(H,19,22). The molecule has 0 heterocycles. The van der Waals surface area contributed by atoms with Gasteiger partial charge >= 0.3 is 11.8 Å². The van der Waals surface area contributed by atoms with E-state index in [1.165, 1.54) is 18.2 Å². The van der Waals surface area contributed by atoms with Gasteiger partial charge in [-0.3, -0.25) is 10.1 Å². The number of nitrogens with zero attached hydrogens (tertiary/aromatic N) is 1. The molecule has 0 saturated carbocycles. The first kappa shape index (κ1) is 17.8. The second kappa shape index (κ2) is 8.93. The molecule has 0 aromatic heterocycles. The summed E-state index contributed by atoms with van der Waals surface area (Å²) in [5, 5.41) is 22.7. The molecule has 2 N–H and O–H groups in total. The molecule has 0 unspecified atom stereocenters. The largest absolute Gasteiger partial charge is 0.502 e. The maximum atomic E-state index is 11.5. The van der Waals surface area contributed by atoms with Crippen LogP contribution < -0.4 is 5.32 Å². The van der Waals surface area contributed by atoms with Gasteiger partial charge in [-0.25, -0.2) is 4.79 Å². The number of phenols is 1. The van der Waals surface area contributed by atoms with Crippen LogP contribution in [-0.4, -0.2) is 22.7 Å². The first-order valence-corrected chi connectivity index (χ1v) is 7.47. The van der Waals surface area contributed by atoms with E-state index in [-0.39, 0.29) is 12.3 Å². The van der Waals surface area contributed by atoms with Gasteiger partial charge in [0.05, 0.1) is 4.92 Å². The van der Waals surface area contributed by atoms with Crippen molar-refractivity contribution in [2.24, 2.45) is 0 Å². The van der Waals surface area contributed by atoms with Crippen LogP contribution in [0.15, 0.2) is 48.5 Å². The maximum absolute atomic E-state index is 11.5. The third kappa shape index (κ3) is 5.88. The first-order valence-electron chi connectivity index (χ1n) is 7.47. The van der Waals surface area contributed by atoms with Crippen molar-refractivity contribution in [1.29, 1.82) is 0 Å². The summed E-state index contributed by atoms with van der Waals surface area (Å²) in [5.74, 6) is 5.13. The number of nitro groups is 1. The number of amides is 1. The minimum Gasteiger partial charge on any atom is -0.502 e. The number of ether oxygens (including phenoxy) is 1. The number of hydrogen-bond acceptors (Lipinski definition) is 5. The molecule has 0 aliphatic rings. The number of aromatic hydroxyl groups is 1. The van der Waals surface area contributed by atoms with Gasteiger partial charge in [-0.15, -0.1) is 0 Å². The van der Waals surface area contributed by atoms with E-state index in [1.54, 1.807) is 0 Å². The number of carbonyl (C=O) groups excluding carboxylic acids is 1. The Morgan fingerprint density at radius 2 is 2.00 bits per heavy atom. The summed E-state index contributed by atoms with van der Waals surface area (Å²) in [6.07, 6.45) is -0.156. The quantitative estimate of drug-likeness (QED) is 0.377. The van der Waals surface area contributed by atoms with Crippen molar-refractivity contribution in [3.8, 4) is 17.6 Å². The van der Waals surface area contributed by atoms with E-state index < -0.39 is 16.8 Å². The minimum atomic E-state index is -0.669. The molecule has 25 heavy (non-hydrogen) atoms. The van der Waals surface area contributed by atoms with Gasteiger partial charge in [-0.05, 0) is 11.6 Å². The van der Waals surface area contributed by atoms with E-state index in [9.17, 15) is 20.0 Å². The Balaban J connectivity index is 1.72. The predicted molar refractivity (Wildman–Crippen MR) is 90.9 cm³/mol. The Kier molecular flexibility index (Phi) is 6.37. The predicted octanol–water partition coefficient (Wildman–Crippen LogP) is 2.97. The van der Waals surface area contributed by atoms with Crippen molar-refractivity contribution in [3.05, 3.63) is 69.8 Å². The number of hydrogen-bond donors (Lipinski definition) is 2. The fourth-order valence-corrected chi connectivity index (χ4v) is 1.92. The van der Waals surface area contributed by atoms with E-state index >= 15 is 0 Å². The molecule has 7 nitrogen and oxygen atoms in total. The number of rotatable bonds is 5. The lowest BCUT2D eigenvalue weighted by Gasteiger charge is -2.05. The van der Waals surface area contributed by atoms with Gasteiger partial charge < -0.3 is 15.2 Å². The third-order valence-corrected chi connectivity index (χ3v) is 3.14. The van der Waals surface area contributed by atoms with E-state index in [4.69, 9.17) is 4.74 Å². The molecule has 0 bridgehead atoms. The van der Waals surface area contributed by atoms with Crippen molar-refractivity contribution in [1.82, 2.24) is 5.32 Å². The van der Waals surface area contributed by atoms with Gasteiger partial charge in [-0.2, -0.15) is 0 Å². The number of carbonyl (C=O) groups is 1. The molecule has 2 aromatic carbocycles. The van der Waals surface area contributed by atoms with E-state index in [0.29, 0.717) is 18.5 Å². The lowest BCUT2D eigenvalue weighted by atomic mass is 10.2. The van der Waals surface area contributed by atoms with Crippen LogP contribution in [0.3, 0.4) is 0 Å². The summed E-state index contributed by atoms with van der Waals surface area (Å²) in [6.45, 7) is 0.500. The van der Waals surface area contributed by atoms with E-state index in [2.05, 4.69) is 17.2 Å². The van der Waals surface area contributed by atoms with Crippen LogP contribution in [0.2, 0.25) is 0 Å². The lowest BCUT2D eigenvalue weighted by Crippen LogP contribution is -2.24. The zero-order valence-corrected chi connectivity index (χ0v) is 13.3. The average Bonchev–Trinajstić information content (AvgIpc) is 2.60. The van der Waals surface area contributed by atoms with Crippen LogP contribution >= 0.6 is 0 Å². The summed E-state index contributed by atoms with van der Waals surface area (Å²) in [7, 11) is 0.